The second-order valence-corrected chi connectivity index (χ2v) is 6.14. The van der Waals surface area contributed by atoms with Crippen molar-refractivity contribution in [3.05, 3.63) is 64.0 Å². The van der Waals surface area contributed by atoms with Gasteiger partial charge in [0.05, 0.1) is 16.0 Å². The van der Waals surface area contributed by atoms with E-state index in [0.717, 1.165) is 0 Å². The molecule has 2 aliphatic heterocycles. The van der Waals surface area contributed by atoms with Crippen molar-refractivity contribution >= 4 is 46.0 Å². The third-order valence-corrected chi connectivity index (χ3v) is 4.48. The third-order valence-electron chi connectivity index (χ3n) is 3.81. The van der Waals surface area contributed by atoms with Crippen molar-refractivity contribution in [2.24, 2.45) is 10.1 Å². The van der Waals surface area contributed by atoms with Crippen molar-refractivity contribution in [2.45, 2.75) is 0 Å². The Morgan fingerprint density at radius 3 is 2.73 bits per heavy atom. The van der Waals surface area contributed by atoms with Crippen LogP contribution >= 0.6 is 11.8 Å². The molecular formula is C16H10N6O3S. The number of hydrogen-bond acceptors (Lipinski definition) is 6. The Hall–Kier alpha value is -3.53. The number of hydrazone groups is 1. The first-order chi connectivity index (χ1) is 12.5. The predicted octanol–water partition coefficient (Wildman–Crippen LogP) is 2.63. The Morgan fingerprint density at radius 1 is 1.23 bits per heavy atom. The maximum Gasteiger partial charge on any atom is 0.283 e. The van der Waals surface area contributed by atoms with Gasteiger partial charge in [-0.3, -0.25) is 20.3 Å². The van der Waals surface area contributed by atoms with Crippen molar-refractivity contribution < 1.29 is 9.72 Å². The molecular weight excluding hydrogens is 356 g/mol. The number of non-ortho nitro benzene ring substituents is 1. The van der Waals surface area contributed by atoms with Gasteiger partial charge in [-0.1, -0.05) is 0 Å². The Morgan fingerprint density at radius 2 is 2.00 bits per heavy atom. The zero-order valence-corrected chi connectivity index (χ0v) is 13.9. The highest BCUT2D eigenvalue weighted by molar-refractivity contribution is 8.25. The SMILES string of the molecule is N=C1/C(=C\c2cccn2-c2ccc([N+](=O)[O-])cc2)C(=O)N=C2SC=NN12. The summed E-state index contributed by atoms with van der Waals surface area (Å²) in [5, 5.41) is 24.7. The second-order valence-electron chi connectivity index (χ2n) is 5.33. The van der Waals surface area contributed by atoms with Crippen LogP contribution in [0.1, 0.15) is 5.69 Å². The van der Waals surface area contributed by atoms with E-state index >= 15 is 0 Å². The predicted molar refractivity (Wildman–Crippen MR) is 98.5 cm³/mol. The van der Waals surface area contributed by atoms with E-state index in [1.54, 1.807) is 41.1 Å². The number of benzene rings is 1. The van der Waals surface area contributed by atoms with E-state index < -0.39 is 10.8 Å². The van der Waals surface area contributed by atoms with Crippen LogP contribution in [0, 0.1) is 15.5 Å². The lowest BCUT2D eigenvalue weighted by atomic mass is 10.1. The summed E-state index contributed by atoms with van der Waals surface area (Å²) in [6.45, 7) is 0. The van der Waals surface area contributed by atoms with E-state index in [1.165, 1.54) is 34.5 Å². The van der Waals surface area contributed by atoms with Crippen molar-refractivity contribution in [1.82, 2.24) is 9.58 Å². The van der Waals surface area contributed by atoms with Gasteiger partial charge in [-0.2, -0.15) is 15.1 Å². The molecule has 0 radical (unpaired) electrons. The maximum atomic E-state index is 12.3. The molecule has 0 saturated heterocycles. The minimum absolute atomic E-state index is 0.00342. The summed E-state index contributed by atoms with van der Waals surface area (Å²) in [5.41, 5.74) is 2.97. The number of nitrogens with zero attached hydrogens (tertiary/aromatic N) is 5. The van der Waals surface area contributed by atoms with Gasteiger partial charge in [-0.25, -0.2) is 0 Å². The van der Waals surface area contributed by atoms with Gasteiger partial charge in [0, 0.05) is 29.7 Å². The molecule has 0 fully saturated rings. The molecule has 26 heavy (non-hydrogen) atoms. The van der Waals surface area contributed by atoms with E-state index in [4.69, 9.17) is 5.41 Å². The van der Waals surface area contributed by atoms with Crippen molar-refractivity contribution in [3.63, 3.8) is 0 Å². The normalized spacial score (nSPS) is 17.6. The molecule has 4 rings (SSSR count). The largest absolute Gasteiger partial charge is 0.317 e. The average Bonchev–Trinajstić information content (AvgIpc) is 3.27. The average molecular weight is 366 g/mol. The first-order valence-electron chi connectivity index (χ1n) is 7.39. The lowest BCUT2D eigenvalue weighted by molar-refractivity contribution is -0.384. The molecule has 1 N–H and O–H groups in total. The number of rotatable bonds is 3. The Labute approximate surface area is 151 Å². The number of thioether (sulfide) groups is 1. The van der Waals surface area contributed by atoms with Gasteiger partial charge in [0.25, 0.3) is 11.6 Å². The van der Waals surface area contributed by atoms with Gasteiger partial charge < -0.3 is 4.57 Å². The molecule has 128 valence electrons. The zero-order valence-electron chi connectivity index (χ0n) is 13.1. The van der Waals surface area contributed by atoms with E-state index in [0.29, 0.717) is 16.5 Å². The minimum atomic E-state index is -0.504. The topological polar surface area (TPSA) is 117 Å². The molecule has 0 aliphatic carbocycles. The van der Waals surface area contributed by atoms with Gasteiger partial charge in [0.15, 0.2) is 11.0 Å². The number of nitro groups is 1. The van der Waals surface area contributed by atoms with Gasteiger partial charge in [0.1, 0.15) is 0 Å². The summed E-state index contributed by atoms with van der Waals surface area (Å²) in [5.74, 6) is -0.548. The second kappa shape index (κ2) is 6.08. The number of nitrogens with one attached hydrogen (secondary N) is 1. The van der Waals surface area contributed by atoms with Crippen LogP contribution in [0.15, 0.2) is 58.3 Å². The number of aliphatic imine (C=N–C) groups is 1. The molecule has 0 bridgehead atoms. The summed E-state index contributed by atoms with van der Waals surface area (Å²) in [4.78, 5) is 26.5. The first-order valence-corrected chi connectivity index (χ1v) is 8.27. The van der Waals surface area contributed by atoms with Crippen LogP contribution in [0.4, 0.5) is 5.69 Å². The lowest BCUT2D eigenvalue weighted by Gasteiger charge is -2.20. The van der Waals surface area contributed by atoms with Crippen molar-refractivity contribution in [3.8, 4) is 5.69 Å². The monoisotopic (exact) mass is 366 g/mol. The zero-order chi connectivity index (χ0) is 18.3. The molecule has 2 aromatic rings. The molecule has 2 aliphatic rings. The fraction of sp³-hybridized carbons (Fsp3) is 0. The molecule has 10 heteroatoms. The summed E-state index contributed by atoms with van der Waals surface area (Å²) in [6.07, 6.45) is 3.33. The van der Waals surface area contributed by atoms with E-state index in [9.17, 15) is 14.9 Å². The van der Waals surface area contributed by atoms with Crippen LogP contribution in [0.3, 0.4) is 0 Å². The molecule has 0 unspecified atom stereocenters. The van der Waals surface area contributed by atoms with Crippen LogP contribution < -0.4 is 0 Å². The Balaban J connectivity index is 1.72. The summed E-state index contributed by atoms with van der Waals surface area (Å²) < 4.78 is 1.76. The molecule has 9 nitrogen and oxygen atoms in total. The number of amides is 1. The number of amidine groups is 2. The molecule has 1 amide bonds. The summed E-state index contributed by atoms with van der Waals surface area (Å²) in [7, 11) is 0. The third kappa shape index (κ3) is 2.62. The molecule has 0 saturated carbocycles. The van der Waals surface area contributed by atoms with Gasteiger partial charge >= 0.3 is 0 Å². The molecule has 3 heterocycles. The van der Waals surface area contributed by atoms with Gasteiger partial charge in [0.2, 0.25) is 0 Å². The lowest BCUT2D eigenvalue weighted by Crippen LogP contribution is -2.35. The number of fused-ring (bicyclic) bond motifs is 1. The van der Waals surface area contributed by atoms with Crippen molar-refractivity contribution in [1.29, 1.82) is 5.41 Å². The standard InChI is InChI=1S/C16H10N6O3S/c17-14-13(15(23)19-16-21(14)18-9-26-16)8-12-2-1-7-20(12)10-3-5-11(6-4-10)22(24)25/h1-9,17H/b13-8+,17-14?. The summed E-state index contributed by atoms with van der Waals surface area (Å²) in [6, 6.07) is 9.61. The van der Waals surface area contributed by atoms with Crippen LogP contribution in [0.2, 0.25) is 0 Å². The van der Waals surface area contributed by atoms with E-state index in [-0.39, 0.29) is 17.1 Å². The molecule has 1 aromatic carbocycles. The first kappa shape index (κ1) is 16.0. The van der Waals surface area contributed by atoms with Crippen LogP contribution in [0.5, 0.6) is 0 Å². The maximum absolute atomic E-state index is 12.3. The number of hydrogen-bond donors (Lipinski definition) is 1. The van der Waals surface area contributed by atoms with E-state index in [1.807, 2.05) is 0 Å². The smallest absolute Gasteiger partial charge is 0.283 e. The molecule has 0 spiro atoms. The van der Waals surface area contributed by atoms with Gasteiger partial charge in [-0.05, 0) is 42.1 Å². The van der Waals surface area contributed by atoms with E-state index in [2.05, 4.69) is 10.1 Å². The van der Waals surface area contributed by atoms with Crippen LogP contribution in [-0.4, -0.2) is 37.0 Å². The minimum Gasteiger partial charge on any atom is -0.317 e. The molecule has 0 atom stereocenters. The number of carbonyl (C=O) groups excluding carboxylic acids is 1. The van der Waals surface area contributed by atoms with Crippen molar-refractivity contribution in [2.75, 3.05) is 0 Å². The highest BCUT2D eigenvalue weighted by Crippen LogP contribution is 2.26. The van der Waals surface area contributed by atoms with Crippen LogP contribution in [-0.2, 0) is 4.79 Å². The van der Waals surface area contributed by atoms with Crippen LogP contribution in [0.25, 0.3) is 11.8 Å². The quantitative estimate of drug-likeness (QED) is 0.509. The highest BCUT2D eigenvalue weighted by Gasteiger charge is 2.32. The summed E-state index contributed by atoms with van der Waals surface area (Å²) >= 11 is 1.18. The number of nitro benzene ring substituents is 1. The molecule has 1 aromatic heterocycles. The fourth-order valence-corrected chi connectivity index (χ4v) is 3.18. The Bertz CT molecular complexity index is 1030. The Kier molecular flexibility index (Phi) is 3.73. The fourth-order valence-electron chi connectivity index (χ4n) is 2.57. The number of carbonyl (C=O) groups is 1. The van der Waals surface area contributed by atoms with Gasteiger partial charge in [-0.15, -0.1) is 0 Å². The highest BCUT2D eigenvalue weighted by atomic mass is 32.2. The number of aromatic nitrogens is 1.